The fraction of sp³-hybridized carbons (Fsp3) is 1.00. The zero-order valence-electron chi connectivity index (χ0n) is 9.50. The van der Waals surface area contributed by atoms with Crippen LogP contribution in [0.4, 0.5) is 0 Å². The predicted octanol–water partition coefficient (Wildman–Crippen LogP) is 1.17. The van der Waals surface area contributed by atoms with Crippen molar-refractivity contribution >= 4 is 0 Å². The van der Waals surface area contributed by atoms with Crippen molar-refractivity contribution in [3.8, 4) is 0 Å². The van der Waals surface area contributed by atoms with Crippen LogP contribution < -0.4 is 5.32 Å². The van der Waals surface area contributed by atoms with Crippen LogP contribution in [0.1, 0.15) is 32.1 Å². The Morgan fingerprint density at radius 3 is 2.60 bits per heavy atom. The van der Waals surface area contributed by atoms with Crippen LogP contribution in [0.25, 0.3) is 0 Å². The summed E-state index contributed by atoms with van der Waals surface area (Å²) in [6, 6.07) is 0. The Bertz CT molecular complexity index is 186. The SMILES string of the molecule is OCCC1(CNCC2CCOCC2)CC1. The summed E-state index contributed by atoms with van der Waals surface area (Å²) in [4.78, 5) is 0. The molecule has 0 amide bonds. The molecule has 3 heteroatoms. The summed E-state index contributed by atoms with van der Waals surface area (Å²) in [5.41, 5.74) is 0.458. The molecule has 15 heavy (non-hydrogen) atoms. The topological polar surface area (TPSA) is 41.5 Å². The second kappa shape index (κ2) is 5.28. The van der Waals surface area contributed by atoms with Gasteiger partial charge in [0.2, 0.25) is 0 Å². The van der Waals surface area contributed by atoms with Crippen LogP contribution in [-0.4, -0.2) is 38.0 Å². The zero-order chi connectivity index (χ0) is 10.6. The van der Waals surface area contributed by atoms with E-state index in [0.717, 1.165) is 38.6 Å². The van der Waals surface area contributed by atoms with Gasteiger partial charge in [-0.2, -0.15) is 0 Å². The molecular formula is C12H23NO2. The van der Waals surface area contributed by atoms with Gasteiger partial charge in [0, 0.05) is 26.4 Å². The highest BCUT2D eigenvalue weighted by molar-refractivity contribution is 4.94. The molecule has 2 rings (SSSR count). The predicted molar refractivity (Wildman–Crippen MR) is 59.8 cm³/mol. The lowest BCUT2D eigenvalue weighted by atomic mass is 9.99. The van der Waals surface area contributed by atoms with Crippen molar-refractivity contribution in [1.29, 1.82) is 0 Å². The average Bonchev–Trinajstić information content (AvgIpc) is 3.00. The standard InChI is InChI=1S/C12H23NO2/c14-6-5-12(3-4-12)10-13-9-11-1-7-15-8-2-11/h11,13-14H,1-10H2. The molecule has 2 aliphatic rings. The third-order valence-corrected chi connectivity index (χ3v) is 3.87. The van der Waals surface area contributed by atoms with Crippen LogP contribution in [0.3, 0.4) is 0 Å². The number of rotatable bonds is 6. The van der Waals surface area contributed by atoms with Crippen LogP contribution in [0.5, 0.6) is 0 Å². The molecule has 0 bridgehead atoms. The number of aliphatic hydroxyl groups excluding tert-OH is 1. The van der Waals surface area contributed by atoms with Crippen LogP contribution in [-0.2, 0) is 4.74 Å². The molecule has 0 radical (unpaired) electrons. The molecule has 1 saturated carbocycles. The first-order chi connectivity index (χ1) is 7.35. The molecule has 1 aliphatic carbocycles. The summed E-state index contributed by atoms with van der Waals surface area (Å²) in [7, 11) is 0. The highest BCUT2D eigenvalue weighted by Gasteiger charge is 2.41. The first kappa shape index (κ1) is 11.4. The quantitative estimate of drug-likeness (QED) is 0.696. The second-order valence-electron chi connectivity index (χ2n) is 5.16. The molecule has 88 valence electrons. The molecule has 0 atom stereocenters. The summed E-state index contributed by atoms with van der Waals surface area (Å²) in [5, 5.41) is 12.5. The molecule has 0 spiro atoms. The lowest BCUT2D eigenvalue weighted by molar-refractivity contribution is 0.0658. The zero-order valence-corrected chi connectivity index (χ0v) is 9.50. The molecule has 2 fully saturated rings. The number of hydrogen-bond acceptors (Lipinski definition) is 3. The van der Waals surface area contributed by atoms with E-state index in [1.54, 1.807) is 0 Å². The van der Waals surface area contributed by atoms with Gasteiger partial charge in [-0.1, -0.05) is 0 Å². The number of aliphatic hydroxyl groups is 1. The summed E-state index contributed by atoms with van der Waals surface area (Å²) < 4.78 is 5.34. The third-order valence-electron chi connectivity index (χ3n) is 3.87. The van der Waals surface area contributed by atoms with E-state index >= 15 is 0 Å². The van der Waals surface area contributed by atoms with E-state index < -0.39 is 0 Å². The van der Waals surface area contributed by atoms with E-state index in [0.29, 0.717) is 12.0 Å². The highest BCUT2D eigenvalue weighted by atomic mass is 16.5. The monoisotopic (exact) mass is 213 g/mol. The van der Waals surface area contributed by atoms with E-state index in [1.807, 2.05) is 0 Å². The van der Waals surface area contributed by atoms with Gasteiger partial charge in [-0.3, -0.25) is 0 Å². The van der Waals surface area contributed by atoms with E-state index in [2.05, 4.69) is 5.32 Å². The van der Waals surface area contributed by atoms with Gasteiger partial charge in [0.05, 0.1) is 0 Å². The van der Waals surface area contributed by atoms with Gasteiger partial charge < -0.3 is 15.2 Å². The van der Waals surface area contributed by atoms with Gasteiger partial charge >= 0.3 is 0 Å². The van der Waals surface area contributed by atoms with Crippen molar-refractivity contribution in [2.75, 3.05) is 32.9 Å². The Kier molecular flexibility index (Phi) is 4.00. The maximum atomic E-state index is 8.95. The van der Waals surface area contributed by atoms with Crippen molar-refractivity contribution in [3.63, 3.8) is 0 Å². The Balaban J connectivity index is 1.58. The molecule has 0 aromatic heterocycles. The van der Waals surface area contributed by atoms with Gasteiger partial charge in [0.1, 0.15) is 0 Å². The summed E-state index contributed by atoms with van der Waals surface area (Å²) in [6.45, 7) is 4.46. The van der Waals surface area contributed by atoms with Crippen molar-refractivity contribution in [3.05, 3.63) is 0 Å². The van der Waals surface area contributed by atoms with Gasteiger partial charge in [-0.05, 0) is 50.0 Å². The molecule has 2 N–H and O–H groups in total. The van der Waals surface area contributed by atoms with Crippen molar-refractivity contribution < 1.29 is 9.84 Å². The van der Waals surface area contributed by atoms with E-state index in [9.17, 15) is 0 Å². The minimum atomic E-state index is 0.346. The Morgan fingerprint density at radius 2 is 2.00 bits per heavy atom. The molecule has 0 aromatic rings. The van der Waals surface area contributed by atoms with Gasteiger partial charge in [0.25, 0.3) is 0 Å². The van der Waals surface area contributed by atoms with Crippen molar-refractivity contribution in [2.24, 2.45) is 11.3 Å². The molecule has 1 aliphatic heterocycles. The van der Waals surface area contributed by atoms with E-state index in [-0.39, 0.29) is 0 Å². The van der Waals surface area contributed by atoms with Crippen LogP contribution in [0.2, 0.25) is 0 Å². The Labute approximate surface area is 92.2 Å². The second-order valence-corrected chi connectivity index (χ2v) is 5.16. The molecular weight excluding hydrogens is 190 g/mol. The molecule has 1 heterocycles. The summed E-state index contributed by atoms with van der Waals surface area (Å²) in [6.07, 6.45) is 6.00. The fourth-order valence-corrected chi connectivity index (χ4v) is 2.42. The number of nitrogens with one attached hydrogen (secondary N) is 1. The average molecular weight is 213 g/mol. The first-order valence-corrected chi connectivity index (χ1v) is 6.24. The van der Waals surface area contributed by atoms with Crippen molar-refractivity contribution in [2.45, 2.75) is 32.1 Å². The molecule has 0 unspecified atom stereocenters. The molecule has 1 saturated heterocycles. The maximum Gasteiger partial charge on any atom is 0.0469 e. The van der Waals surface area contributed by atoms with Gasteiger partial charge in [-0.15, -0.1) is 0 Å². The van der Waals surface area contributed by atoms with Crippen molar-refractivity contribution in [1.82, 2.24) is 5.32 Å². The lowest BCUT2D eigenvalue weighted by Crippen LogP contribution is -2.32. The van der Waals surface area contributed by atoms with E-state index in [4.69, 9.17) is 9.84 Å². The van der Waals surface area contributed by atoms with Gasteiger partial charge in [-0.25, -0.2) is 0 Å². The Hall–Kier alpha value is -0.120. The Morgan fingerprint density at radius 1 is 1.27 bits per heavy atom. The summed E-state index contributed by atoms with van der Waals surface area (Å²) >= 11 is 0. The third kappa shape index (κ3) is 3.44. The lowest BCUT2D eigenvalue weighted by Gasteiger charge is -2.23. The minimum Gasteiger partial charge on any atom is -0.396 e. The number of hydrogen-bond donors (Lipinski definition) is 2. The van der Waals surface area contributed by atoms with E-state index in [1.165, 1.54) is 25.7 Å². The van der Waals surface area contributed by atoms with Crippen LogP contribution in [0, 0.1) is 11.3 Å². The number of ether oxygens (including phenoxy) is 1. The molecule has 3 nitrogen and oxygen atoms in total. The molecule has 0 aromatic carbocycles. The normalized spacial score (nSPS) is 25.4. The van der Waals surface area contributed by atoms with Crippen LogP contribution in [0.15, 0.2) is 0 Å². The summed E-state index contributed by atoms with van der Waals surface area (Å²) in [5.74, 6) is 0.809. The largest absolute Gasteiger partial charge is 0.396 e. The smallest absolute Gasteiger partial charge is 0.0469 e. The maximum absolute atomic E-state index is 8.95. The first-order valence-electron chi connectivity index (χ1n) is 6.24. The fourth-order valence-electron chi connectivity index (χ4n) is 2.42. The highest BCUT2D eigenvalue weighted by Crippen LogP contribution is 2.47. The van der Waals surface area contributed by atoms with Gasteiger partial charge in [0.15, 0.2) is 0 Å². The van der Waals surface area contributed by atoms with Crippen LogP contribution >= 0.6 is 0 Å². The minimum absolute atomic E-state index is 0.346.